The summed E-state index contributed by atoms with van der Waals surface area (Å²) in [7, 11) is 0. The van der Waals surface area contributed by atoms with E-state index in [0.717, 1.165) is 6.42 Å². The Kier molecular flexibility index (Phi) is 5.35. The summed E-state index contributed by atoms with van der Waals surface area (Å²) in [6.45, 7) is 1.35. The van der Waals surface area contributed by atoms with Crippen LogP contribution < -0.4 is 0 Å². The summed E-state index contributed by atoms with van der Waals surface area (Å²) in [5.41, 5.74) is 0. The molecule has 0 aromatic carbocycles. The van der Waals surface area contributed by atoms with E-state index in [1.165, 1.54) is 4.90 Å². The van der Waals surface area contributed by atoms with Crippen molar-refractivity contribution < 1.29 is 17.9 Å². The third-order valence-corrected chi connectivity index (χ3v) is 2.70. The second-order valence-electron chi connectivity index (χ2n) is 3.77. The molecule has 0 saturated carbocycles. The van der Waals surface area contributed by atoms with E-state index in [1.54, 1.807) is 0 Å². The summed E-state index contributed by atoms with van der Waals surface area (Å²) in [6.07, 6.45) is -3.24. The first kappa shape index (κ1) is 13.3. The van der Waals surface area contributed by atoms with Crippen LogP contribution in [0, 0.1) is 5.92 Å². The van der Waals surface area contributed by atoms with Crippen molar-refractivity contribution in [1.29, 1.82) is 0 Å². The zero-order valence-corrected chi connectivity index (χ0v) is 9.98. The smallest absolute Gasteiger partial charge is 0.381 e. The first-order valence-electron chi connectivity index (χ1n) is 4.94. The lowest BCUT2D eigenvalue weighted by Gasteiger charge is -2.25. The number of rotatable bonds is 5. The molecule has 1 heterocycles. The number of halogens is 4. The van der Waals surface area contributed by atoms with E-state index in [2.05, 4.69) is 15.9 Å². The number of alkyl halides is 4. The van der Waals surface area contributed by atoms with Crippen molar-refractivity contribution in [3.63, 3.8) is 0 Å². The summed E-state index contributed by atoms with van der Waals surface area (Å²) in [5, 5.41) is 0.566. The Morgan fingerprint density at radius 2 is 2.13 bits per heavy atom. The van der Waals surface area contributed by atoms with Gasteiger partial charge in [0.15, 0.2) is 0 Å². The quantitative estimate of drug-likeness (QED) is 0.720. The van der Waals surface area contributed by atoms with Crippen LogP contribution in [0.25, 0.3) is 0 Å². The SMILES string of the molecule is FC(F)(F)CN(CCBr)CC1CCOC1. The topological polar surface area (TPSA) is 12.5 Å². The maximum absolute atomic E-state index is 12.2. The molecule has 1 fully saturated rings. The van der Waals surface area contributed by atoms with Gasteiger partial charge >= 0.3 is 6.18 Å². The molecule has 0 spiro atoms. The van der Waals surface area contributed by atoms with Crippen molar-refractivity contribution in [1.82, 2.24) is 4.90 Å². The molecule has 0 N–H and O–H groups in total. The van der Waals surface area contributed by atoms with Crippen LogP contribution in [0.4, 0.5) is 13.2 Å². The first-order chi connectivity index (χ1) is 7.01. The van der Waals surface area contributed by atoms with Crippen molar-refractivity contribution in [2.75, 3.05) is 38.2 Å². The molecule has 90 valence electrons. The van der Waals surface area contributed by atoms with Crippen LogP contribution in [-0.4, -0.2) is 49.3 Å². The van der Waals surface area contributed by atoms with Gasteiger partial charge in [0, 0.05) is 25.0 Å². The van der Waals surface area contributed by atoms with E-state index >= 15 is 0 Å². The molecule has 0 bridgehead atoms. The summed E-state index contributed by atoms with van der Waals surface area (Å²) >= 11 is 3.17. The van der Waals surface area contributed by atoms with Crippen LogP contribution in [-0.2, 0) is 4.74 Å². The van der Waals surface area contributed by atoms with Crippen molar-refractivity contribution in [3.05, 3.63) is 0 Å². The molecule has 0 radical (unpaired) electrons. The van der Waals surface area contributed by atoms with Gasteiger partial charge in [-0.15, -0.1) is 0 Å². The van der Waals surface area contributed by atoms with Crippen LogP contribution in [0.5, 0.6) is 0 Å². The van der Waals surface area contributed by atoms with Gasteiger partial charge in [0.1, 0.15) is 0 Å². The molecule has 1 rings (SSSR count). The van der Waals surface area contributed by atoms with Gasteiger partial charge in [-0.2, -0.15) is 13.2 Å². The van der Waals surface area contributed by atoms with Crippen molar-refractivity contribution in [3.8, 4) is 0 Å². The lowest BCUT2D eigenvalue weighted by molar-refractivity contribution is -0.146. The number of ether oxygens (including phenoxy) is 1. The van der Waals surface area contributed by atoms with Gasteiger partial charge in [0.2, 0.25) is 0 Å². The van der Waals surface area contributed by atoms with Crippen molar-refractivity contribution in [2.24, 2.45) is 5.92 Å². The molecule has 1 aliphatic rings. The molecule has 15 heavy (non-hydrogen) atoms. The van der Waals surface area contributed by atoms with E-state index in [-0.39, 0.29) is 5.92 Å². The van der Waals surface area contributed by atoms with E-state index in [1.807, 2.05) is 0 Å². The predicted molar refractivity (Wildman–Crippen MR) is 55.2 cm³/mol. The van der Waals surface area contributed by atoms with Crippen LogP contribution >= 0.6 is 15.9 Å². The fraction of sp³-hybridized carbons (Fsp3) is 1.00. The number of hydrogen-bond acceptors (Lipinski definition) is 2. The van der Waals surface area contributed by atoms with Crippen LogP contribution in [0.15, 0.2) is 0 Å². The summed E-state index contributed by atoms with van der Waals surface area (Å²) in [5.74, 6) is 0.256. The standard InChI is InChI=1S/C9H15BrF3NO/c10-2-3-14(7-9(11,12)13)5-8-1-4-15-6-8/h8H,1-7H2. The second-order valence-corrected chi connectivity index (χ2v) is 4.56. The normalized spacial score (nSPS) is 22.6. The maximum atomic E-state index is 12.2. The third-order valence-electron chi connectivity index (χ3n) is 2.34. The van der Waals surface area contributed by atoms with E-state index < -0.39 is 12.7 Å². The van der Waals surface area contributed by atoms with Crippen LogP contribution in [0.2, 0.25) is 0 Å². The minimum Gasteiger partial charge on any atom is -0.381 e. The van der Waals surface area contributed by atoms with E-state index in [9.17, 15) is 13.2 Å². The van der Waals surface area contributed by atoms with Gasteiger partial charge in [-0.25, -0.2) is 0 Å². The molecule has 0 amide bonds. The minimum atomic E-state index is -4.11. The van der Waals surface area contributed by atoms with Crippen LogP contribution in [0.1, 0.15) is 6.42 Å². The molecule has 1 unspecified atom stereocenters. The summed E-state index contributed by atoms with van der Waals surface area (Å²) < 4.78 is 41.8. The zero-order chi connectivity index (χ0) is 11.3. The molecule has 0 aliphatic carbocycles. The highest BCUT2D eigenvalue weighted by molar-refractivity contribution is 9.09. The van der Waals surface area contributed by atoms with Gasteiger partial charge < -0.3 is 4.74 Å². The molecule has 1 saturated heterocycles. The van der Waals surface area contributed by atoms with Gasteiger partial charge in [0.25, 0.3) is 0 Å². The molecule has 2 nitrogen and oxygen atoms in total. The lowest BCUT2D eigenvalue weighted by atomic mass is 10.1. The van der Waals surface area contributed by atoms with Gasteiger partial charge in [-0.1, -0.05) is 15.9 Å². The minimum absolute atomic E-state index is 0.256. The Morgan fingerprint density at radius 1 is 1.40 bits per heavy atom. The number of hydrogen-bond donors (Lipinski definition) is 0. The largest absolute Gasteiger partial charge is 0.401 e. The summed E-state index contributed by atoms with van der Waals surface area (Å²) in [4.78, 5) is 1.44. The zero-order valence-electron chi connectivity index (χ0n) is 8.39. The third kappa shape index (κ3) is 5.73. The fourth-order valence-corrected chi connectivity index (χ4v) is 2.20. The van der Waals surface area contributed by atoms with Crippen molar-refractivity contribution in [2.45, 2.75) is 12.6 Å². The average molecular weight is 290 g/mol. The highest BCUT2D eigenvalue weighted by Gasteiger charge is 2.31. The molecule has 1 atom stereocenters. The molecule has 0 aromatic rings. The van der Waals surface area contributed by atoms with E-state index in [4.69, 9.17) is 4.74 Å². The number of nitrogens with zero attached hydrogens (tertiary/aromatic N) is 1. The Labute approximate surface area is 95.9 Å². The summed E-state index contributed by atoms with van der Waals surface area (Å²) in [6, 6.07) is 0. The fourth-order valence-electron chi connectivity index (χ4n) is 1.70. The maximum Gasteiger partial charge on any atom is 0.401 e. The van der Waals surface area contributed by atoms with E-state index in [0.29, 0.717) is 31.6 Å². The Balaban J connectivity index is 2.35. The van der Waals surface area contributed by atoms with Gasteiger partial charge in [-0.3, -0.25) is 4.90 Å². The van der Waals surface area contributed by atoms with Gasteiger partial charge in [-0.05, 0) is 12.3 Å². The van der Waals surface area contributed by atoms with Crippen molar-refractivity contribution >= 4 is 15.9 Å². The highest BCUT2D eigenvalue weighted by Crippen LogP contribution is 2.19. The Morgan fingerprint density at radius 3 is 2.60 bits per heavy atom. The average Bonchev–Trinajstić information content (AvgIpc) is 2.54. The molecule has 0 aromatic heterocycles. The monoisotopic (exact) mass is 289 g/mol. The lowest BCUT2D eigenvalue weighted by Crippen LogP contribution is -2.38. The molecular weight excluding hydrogens is 275 g/mol. The van der Waals surface area contributed by atoms with Crippen LogP contribution in [0.3, 0.4) is 0 Å². The van der Waals surface area contributed by atoms with Gasteiger partial charge in [0.05, 0.1) is 13.2 Å². The molecular formula is C9H15BrF3NO. The second kappa shape index (κ2) is 6.06. The Hall–Kier alpha value is 0.190. The Bertz CT molecular complexity index is 183. The first-order valence-corrected chi connectivity index (χ1v) is 6.06. The molecule has 1 aliphatic heterocycles. The molecule has 6 heteroatoms. The predicted octanol–water partition coefficient (Wildman–Crippen LogP) is 2.28. The highest BCUT2D eigenvalue weighted by atomic mass is 79.9.